The van der Waals surface area contributed by atoms with Crippen molar-refractivity contribution in [3.8, 4) is 0 Å². The average Bonchev–Trinajstić information content (AvgIpc) is 2.27. The van der Waals surface area contributed by atoms with Gasteiger partial charge in [-0.3, -0.25) is 4.79 Å². The zero-order valence-electron chi connectivity index (χ0n) is 9.94. The summed E-state index contributed by atoms with van der Waals surface area (Å²) in [6.07, 6.45) is 2.46. The fourth-order valence-electron chi connectivity index (χ4n) is 1.87. The Labute approximate surface area is 102 Å². The molecule has 0 aromatic carbocycles. The summed E-state index contributed by atoms with van der Waals surface area (Å²) >= 11 is 4.85. The molecule has 1 aliphatic rings. The molecule has 1 saturated heterocycles. The number of carbonyl (C=O) groups is 1. The van der Waals surface area contributed by atoms with Crippen molar-refractivity contribution in [2.45, 2.75) is 32.2 Å². The predicted molar refractivity (Wildman–Crippen MR) is 67.2 cm³/mol. The Morgan fingerprint density at radius 3 is 2.88 bits per heavy atom. The highest BCUT2D eigenvalue weighted by Crippen LogP contribution is 2.17. The summed E-state index contributed by atoms with van der Waals surface area (Å²) < 4.78 is 5.32. The number of hydrogen-bond acceptors (Lipinski definition) is 3. The molecule has 0 spiro atoms. The second-order valence-corrected chi connectivity index (χ2v) is 4.91. The van der Waals surface area contributed by atoms with Crippen molar-refractivity contribution < 1.29 is 9.53 Å². The van der Waals surface area contributed by atoms with E-state index in [9.17, 15) is 4.79 Å². The number of hydrogen-bond donors (Lipinski definition) is 1. The molecule has 1 aliphatic heterocycles. The molecule has 0 saturated carbocycles. The number of carbonyl (C=O) groups excluding carboxylic acids is 1. The van der Waals surface area contributed by atoms with Gasteiger partial charge in [-0.05, 0) is 19.8 Å². The minimum atomic E-state index is 0.00699. The standard InChI is InChI=1S/C11H20N2O2S/c1-8(6-10(12)16)13(2)11(14)9-4-3-5-15-7-9/h8-9H,3-7H2,1-2H3,(H2,12,16). The molecule has 1 fully saturated rings. The van der Waals surface area contributed by atoms with Crippen molar-refractivity contribution >= 4 is 23.1 Å². The van der Waals surface area contributed by atoms with E-state index in [1.807, 2.05) is 6.92 Å². The lowest BCUT2D eigenvalue weighted by Crippen LogP contribution is -2.43. The van der Waals surface area contributed by atoms with Crippen LogP contribution in [0.1, 0.15) is 26.2 Å². The Kier molecular flexibility index (Phi) is 5.15. The lowest BCUT2D eigenvalue weighted by Gasteiger charge is -2.30. The lowest BCUT2D eigenvalue weighted by molar-refractivity contribution is -0.140. The van der Waals surface area contributed by atoms with Crippen molar-refractivity contribution in [2.24, 2.45) is 11.7 Å². The second kappa shape index (κ2) is 6.15. The maximum absolute atomic E-state index is 12.1. The van der Waals surface area contributed by atoms with Gasteiger partial charge >= 0.3 is 0 Å². The molecule has 0 aromatic rings. The summed E-state index contributed by atoms with van der Waals surface area (Å²) in [5.41, 5.74) is 5.48. The van der Waals surface area contributed by atoms with Gasteiger partial charge in [0.05, 0.1) is 17.5 Å². The Hall–Kier alpha value is -0.680. The van der Waals surface area contributed by atoms with Gasteiger partial charge in [-0.2, -0.15) is 0 Å². The van der Waals surface area contributed by atoms with Crippen LogP contribution in [-0.4, -0.2) is 42.1 Å². The van der Waals surface area contributed by atoms with Gasteiger partial charge in [-0.1, -0.05) is 12.2 Å². The molecule has 2 N–H and O–H groups in total. The molecule has 0 aromatic heterocycles. The quantitative estimate of drug-likeness (QED) is 0.748. The first kappa shape index (κ1) is 13.4. The molecular formula is C11H20N2O2S. The number of rotatable bonds is 4. The van der Waals surface area contributed by atoms with E-state index in [4.69, 9.17) is 22.7 Å². The van der Waals surface area contributed by atoms with Crippen LogP contribution in [0.3, 0.4) is 0 Å². The summed E-state index contributed by atoms with van der Waals surface area (Å²) in [5, 5.41) is 0. The van der Waals surface area contributed by atoms with Gasteiger partial charge in [0, 0.05) is 26.1 Å². The zero-order valence-corrected chi connectivity index (χ0v) is 10.8. The summed E-state index contributed by atoms with van der Waals surface area (Å²) in [5.74, 6) is 0.149. The first-order valence-electron chi connectivity index (χ1n) is 5.65. The first-order chi connectivity index (χ1) is 7.52. The summed E-state index contributed by atoms with van der Waals surface area (Å²) in [4.78, 5) is 14.3. The molecule has 0 aliphatic carbocycles. The number of ether oxygens (including phenoxy) is 1. The van der Waals surface area contributed by atoms with Gasteiger partial charge in [0.2, 0.25) is 5.91 Å². The summed E-state index contributed by atoms with van der Waals surface area (Å²) in [6.45, 7) is 3.28. The van der Waals surface area contributed by atoms with E-state index in [1.165, 1.54) is 0 Å². The van der Waals surface area contributed by atoms with Gasteiger partial charge in [0.1, 0.15) is 0 Å². The molecule has 0 radical (unpaired) electrons. The number of nitrogens with zero attached hydrogens (tertiary/aromatic N) is 1. The molecular weight excluding hydrogens is 224 g/mol. The maximum atomic E-state index is 12.1. The second-order valence-electron chi connectivity index (χ2n) is 4.38. The highest BCUT2D eigenvalue weighted by molar-refractivity contribution is 7.80. The van der Waals surface area contributed by atoms with E-state index in [0.717, 1.165) is 19.4 Å². The van der Waals surface area contributed by atoms with Crippen LogP contribution in [-0.2, 0) is 9.53 Å². The molecule has 1 amide bonds. The first-order valence-corrected chi connectivity index (χ1v) is 6.06. The third-order valence-electron chi connectivity index (χ3n) is 3.01. The molecule has 2 atom stereocenters. The van der Waals surface area contributed by atoms with Crippen LogP contribution in [0.4, 0.5) is 0 Å². The molecule has 4 nitrogen and oxygen atoms in total. The van der Waals surface area contributed by atoms with Crippen molar-refractivity contribution in [1.29, 1.82) is 0 Å². The SMILES string of the molecule is CC(CC(N)=S)N(C)C(=O)C1CCCOC1. The Balaban J connectivity index is 2.48. The molecule has 2 unspecified atom stereocenters. The molecule has 0 bridgehead atoms. The highest BCUT2D eigenvalue weighted by Gasteiger charge is 2.27. The maximum Gasteiger partial charge on any atom is 0.228 e. The third-order valence-corrected chi connectivity index (χ3v) is 3.18. The van der Waals surface area contributed by atoms with E-state index in [2.05, 4.69) is 0 Å². The highest BCUT2D eigenvalue weighted by atomic mass is 32.1. The summed E-state index contributed by atoms with van der Waals surface area (Å²) in [6, 6.07) is 0.0620. The van der Waals surface area contributed by atoms with Crippen LogP contribution in [0.15, 0.2) is 0 Å². The van der Waals surface area contributed by atoms with Crippen LogP contribution < -0.4 is 5.73 Å². The van der Waals surface area contributed by atoms with Crippen LogP contribution >= 0.6 is 12.2 Å². The molecule has 16 heavy (non-hydrogen) atoms. The van der Waals surface area contributed by atoms with Gasteiger partial charge in [-0.15, -0.1) is 0 Å². The minimum absolute atomic E-state index is 0.00699. The Bertz CT molecular complexity index is 265. The predicted octanol–water partition coefficient (Wildman–Crippen LogP) is 0.936. The Morgan fingerprint density at radius 1 is 1.69 bits per heavy atom. The molecule has 5 heteroatoms. The normalized spacial score (nSPS) is 22.5. The number of amides is 1. The topological polar surface area (TPSA) is 55.6 Å². The largest absolute Gasteiger partial charge is 0.393 e. The van der Waals surface area contributed by atoms with Crippen LogP contribution in [0.5, 0.6) is 0 Å². The summed E-state index contributed by atoms with van der Waals surface area (Å²) in [7, 11) is 1.81. The van der Waals surface area contributed by atoms with Crippen LogP contribution in [0, 0.1) is 5.92 Å². The fraction of sp³-hybridized carbons (Fsp3) is 0.818. The third kappa shape index (κ3) is 3.72. The Morgan fingerprint density at radius 2 is 2.38 bits per heavy atom. The van der Waals surface area contributed by atoms with E-state index in [0.29, 0.717) is 18.0 Å². The molecule has 92 valence electrons. The van der Waals surface area contributed by atoms with Crippen molar-refractivity contribution in [2.75, 3.05) is 20.3 Å². The van der Waals surface area contributed by atoms with Gasteiger partial charge in [0.25, 0.3) is 0 Å². The molecule has 1 rings (SSSR count). The minimum Gasteiger partial charge on any atom is -0.393 e. The van der Waals surface area contributed by atoms with Crippen LogP contribution in [0.2, 0.25) is 0 Å². The van der Waals surface area contributed by atoms with Gasteiger partial charge in [-0.25, -0.2) is 0 Å². The average molecular weight is 244 g/mol. The number of thiocarbonyl (C=S) groups is 1. The van der Waals surface area contributed by atoms with E-state index in [1.54, 1.807) is 11.9 Å². The van der Waals surface area contributed by atoms with E-state index in [-0.39, 0.29) is 17.9 Å². The van der Waals surface area contributed by atoms with Crippen molar-refractivity contribution in [1.82, 2.24) is 4.90 Å². The number of nitrogens with two attached hydrogens (primary N) is 1. The van der Waals surface area contributed by atoms with Crippen molar-refractivity contribution in [3.63, 3.8) is 0 Å². The van der Waals surface area contributed by atoms with Gasteiger partial charge < -0.3 is 15.4 Å². The van der Waals surface area contributed by atoms with Gasteiger partial charge in [0.15, 0.2) is 0 Å². The monoisotopic (exact) mass is 244 g/mol. The fourth-order valence-corrected chi connectivity index (χ4v) is 2.11. The smallest absolute Gasteiger partial charge is 0.228 e. The van der Waals surface area contributed by atoms with Crippen molar-refractivity contribution in [3.05, 3.63) is 0 Å². The lowest BCUT2D eigenvalue weighted by atomic mass is 10.00. The zero-order chi connectivity index (χ0) is 12.1. The van der Waals surface area contributed by atoms with Crippen LogP contribution in [0.25, 0.3) is 0 Å². The van der Waals surface area contributed by atoms with E-state index >= 15 is 0 Å². The van der Waals surface area contributed by atoms with E-state index < -0.39 is 0 Å². The molecule has 1 heterocycles.